The van der Waals surface area contributed by atoms with E-state index in [2.05, 4.69) is 32.5 Å². The lowest BCUT2D eigenvalue weighted by atomic mass is 10.3. The zero-order valence-corrected chi connectivity index (χ0v) is 13.7. The second-order valence-corrected chi connectivity index (χ2v) is 5.38. The number of rotatable bonds is 7. The van der Waals surface area contributed by atoms with E-state index < -0.39 is 0 Å². The van der Waals surface area contributed by atoms with Crippen molar-refractivity contribution in [2.75, 3.05) is 45.9 Å². The van der Waals surface area contributed by atoms with Crippen molar-refractivity contribution in [3.63, 3.8) is 0 Å². The number of aryl methyl sites for hydroxylation is 1. The minimum Gasteiger partial charge on any atom is -0.379 e. The molecule has 0 unspecified atom stereocenters. The quantitative estimate of drug-likeness (QED) is 0.428. The van der Waals surface area contributed by atoms with Crippen molar-refractivity contribution in [2.45, 2.75) is 19.9 Å². The van der Waals surface area contributed by atoms with E-state index in [1.54, 1.807) is 6.20 Å². The minimum absolute atomic E-state index is 0.634. The largest absolute Gasteiger partial charge is 0.379 e. The number of aromatic nitrogens is 2. The highest BCUT2D eigenvalue weighted by Gasteiger charge is 2.09. The highest BCUT2D eigenvalue weighted by Crippen LogP contribution is 1.99. The topological polar surface area (TPSA) is 66.7 Å². The monoisotopic (exact) mass is 308 g/mol. The van der Waals surface area contributed by atoms with E-state index in [9.17, 15) is 0 Å². The van der Waals surface area contributed by atoms with Crippen LogP contribution in [0.2, 0.25) is 0 Å². The van der Waals surface area contributed by atoms with Gasteiger partial charge in [0.1, 0.15) is 0 Å². The fourth-order valence-corrected chi connectivity index (χ4v) is 2.39. The Bertz CT molecular complexity index is 453. The van der Waals surface area contributed by atoms with Crippen molar-refractivity contribution >= 4 is 5.96 Å². The van der Waals surface area contributed by atoms with E-state index in [0.29, 0.717) is 6.54 Å². The van der Waals surface area contributed by atoms with Gasteiger partial charge in [-0.05, 0) is 26.0 Å². The predicted octanol–water partition coefficient (Wildman–Crippen LogP) is 0.198. The van der Waals surface area contributed by atoms with Crippen molar-refractivity contribution in [1.82, 2.24) is 25.3 Å². The van der Waals surface area contributed by atoms with Gasteiger partial charge < -0.3 is 15.4 Å². The molecule has 2 N–H and O–H groups in total. The summed E-state index contributed by atoms with van der Waals surface area (Å²) in [5.41, 5.74) is 1.10. The summed E-state index contributed by atoms with van der Waals surface area (Å²) < 4.78 is 7.21. The van der Waals surface area contributed by atoms with Crippen molar-refractivity contribution in [1.29, 1.82) is 0 Å². The number of ether oxygens (including phenoxy) is 1. The smallest absolute Gasteiger partial charge is 0.191 e. The summed E-state index contributed by atoms with van der Waals surface area (Å²) in [5.74, 6) is 0.866. The summed E-state index contributed by atoms with van der Waals surface area (Å²) in [6, 6.07) is 1.99. The Morgan fingerprint density at radius 3 is 2.86 bits per heavy atom. The number of nitrogens with zero attached hydrogens (tertiary/aromatic N) is 4. The van der Waals surface area contributed by atoms with Crippen LogP contribution in [0, 0.1) is 0 Å². The van der Waals surface area contributed by atoms with Crippen LogP contribution in [-0.2, 0) is 18.3 Å². The molecule has 0 aliphatic carbocycles. The molecule has 0 atom stereocenters. The van der Waals surface area contributed by atoms with Crippen LogP contribution in [-0.4, -0.2) is 66.6 Å². The van der Waals surface area contributed by atoms with Crippen LogP contribution in [0.3, 0.4) is 0 Å². The molecule has 2 rings (SSSR count). The molecular formula is C15H28N6O. The molecule has 1 fully saturated rings. The minimum atomic E-state index is 0.634. The average molecular weight is 308 g/mol. The summed E-state index contributed by atoms with van der Waals surface area (Å²) in [5, 5.41) is 10.8. The fourth-order valence-electron chi connectivity index (χ4n) is 2.39. The van der Waals surface area contributed by atoms with E-state index in [-0.39, 0.29) is 0 Å². The van der Waals surface area contributed by atoms with E-state index in [1.165, 1.54) is 0 Å². The Morgan fingerprint density at radius 2 is 2.18 bits per heavy atom. The molecule has 0 radical (unpaired) electrons. The fraction of sp³-hybridized carbons (Fsp3) is 0.733. The zero-order chi connectivity index (χ0) is 15.6. The first-order chi connectivity index (χ1) is 10.8. The molecule has 124 valence electrons. The van der Waals surface area contributed by atoms with Gasteiger partial charge >= 0.3 is 0 Å². The van der Waals surface area contributed by atoms with E-state index in [1.807, 2.05) is 17.8 Å². The molecule has 0 aromatic carbocycles. The number of hydrogen-bond acceptors (Lipinski definition) is 4. The van der Waals surface area contributed by atoms with Crippen molar-refractivity contribution in [2.24, 2.45) is 12.0 Å². The molecule has 7 nitrogen and oxygen atoms in total. The van der Waals surface area contributed by atoms with Crippen LogP contribution in [0.1, 0.15) is 19.0 Å². The maximum absolute atomic E-state index is 5.36. The van der Waals surface area contributed by atoms with Gasteiger partial charge in [-0.1, -0.05) is 0 Å². The SMILES string of the molecule is CCNC(=NCc1ccnn1C)NCCCN1CCOCC1. The molecule has 0 spiro atoms. The third-order valence-corrected chi connectivity index (χ3v) is 3.71. The molecule has 1 aromatic rings. The van der Waals surface area contributed by atoms with Crippen molar-refractivity contribution in [3.05, 3.63) is 18.0 Å². The number of aliphatic imine (C=N–C) groups is 1. The van der Waals surface area contributed by atoms with Crippen LogP contribution >= 0.6 is 0 Å². The molecular weight excluding hydrogens is 280 g/mol. The number of hydrogen-bond donors (Lipinski definition) is 2. The Hall–Kier alpha value is -1.60. The molecule has 1 aliphatic heterocycles. The maximum Gasteiger partial charge on any atom is 0.191 e. The lowest BCUT2D eigenvalue weighted by Crippen LogP contribution is -2.40. The number of guanidine groups is 1. The summed E-state index contributed by atoms with van der Waals surface area (Å²) in [6.07, 6.45) is 2.91. The molecule has 0 bridgehead atoms. The Kier molecular flexibility index (Phi) is 7.18. The molecule has 7 heteroatoms. The highest BCUT2D eigenvalue weighted by atomic mass is 16.5. The van der Waals surface area contributed by atoms with E-state index in [4.69, 9.17) is 4.74 Å². The van der Waals surface area contributed by atoms with Crippen LogP contribution in [0.4, 0.5) is 0 Å². The molecule has 1 aliphatic rings. The highest BCUT2D eigenvalue weighted by molar-refractivity contribution is 5.79. The number of nitrogens with one attached hydrogen (secondary N) is 2. The van der Waals surface area contributed by atoms with Gasteiger partial charge in [-0.25, -0.2) is 4.99 Å². The van der Waals surface area contributed by atoms with Gasteiger partial charge in [-0.2, -0.15) is 5.10 Å². The Balaban J connectivity index is 1.70. The maximum atomic E-state index is 5.36. The molecule has 1 saturated heterocycles. The summed E-state index contributed by atoms with van der Waals surface area (Å²) in [4.78, 5) is 7.05. The first-order valence-electron chi connectivity index (χ1n) is 8.08. The average Bonchev–Trinajstić information content (AvgIpc) is 2.95. The van der Waals surface area contributed by atoms with Gasteiger partial charge in [0.05, 0.1) is 25.5 Å². The van der Waals surface area contributed by atoms with Gasteiger partial charge in [0.15, 0.2) is 5.96 Å². The Labute approximate surface area is 132 Å². The normalized spacial score (nSPS) is 16.7. The summed E-state index contributed by atoms with van der Waals surface area (Å²) in [7, 11) is 1.94. The second kappa shape index (κ2) is 9.42. The molecule has 22 heavy (non-hydrogen) atoms. The number of morpholine rings is 1. The van der Waals surface area contributed by atoms with Crippen molar-refractivity contribution in [3.8, 4) is 0 Å². The lowest BCUT2D eigenvalue weighted by molar-refractivity contribution is 0.0376. The van der Waals surface area contributed by atoms with Crippen molar-refractivity contribution < 1.29 is 4.74 Å². The lowest BCUT2D eigenvalue weighted by Gasteiger charge is -2.26. The third-order valence-electron chi connectivity index (χ3n) is 3.71. The standard InChI is InChI=1S/C15H28N6O/c1-3-16-15(18-13-14-5-7-19-20(14)2)17-6-4-8-21-9-11-22-12-10-21/h5,7H,3-4,6,8-13H2,1-2H3,(H2,16,17,18). The third kappa shape index (κ3) is 5.65. The molecule has 0 saturated carbocycles. The molecule has 2 heterocycles. The Morgan fingerprint density at radius 1 is 1.36 bits per heavy atom. The van der Waals surface area contributed by atoms with Gasteiger partial charge in [-0.15, -0.1) is 0 Å². The first kappa shape index (κ1) is 16.8. The van der Waals surface area contributed by atoms with Crippen LogP contribution in [0.25, 0.3) is 0 Å². The first-order valence-corrected chi connectivity index (χ1v) is 8.08. The molecule has 0 amide bonds. The predicted molar refractivity (Wildman–Crippen MR) is 87.9 cm³/mol. The van der Waals surface area contributed by atoms with Gasteiger partial charge in [0, 0.05) is 39.4 Å². The van der Waals surface area contributed by atoms with E-state index in [0.717, 1.165) is 64.0 Å². The summed E-state index contributed by atoms with van der Waals surface area (Å²) in [6.45, 7) is 9.44. The summed E-state index contributed by atoms with van der Waals surface area (Å²) >= 11 is 0. The van der Waals surface area contributed by atoms with Crippen LogP contribution < -0.4 is 10.6 Å². The van der Waals surface area contributed by atoms with Crippen LogP contribution in [0.5, 0.6) is 0 Å². The second-order valence-electron chi connectivity index (χ2n) is 5.38. The van der Waals surface area contributed by atoms with Gasteiger partial charge in [0.2, 0.25) is 0 Å². The van der Waals surface area contributed by atoms with Gasteiger partial charge in [-0.3, -0.25) is 9.58 Å². The zero-order valence-electron chi connectivity index (χ0n) is 13.7. The van der Waals surface area contributed by atoms with Gasteiger partial charge in [0.25, 0.3) is 0 Å². The van der Waals surface area contributed by atoms with E-state index >= 15 is 0 Å². The molecule has 1 aromatic heterocycles. The van der Waals surface area contributed by atoms with Crippen LogP contribution in [0.15, 0.2) is 17.3 Å².